The summed E-state index contributed by atoms with van der Waals surface area (Å²) in [5.41, 5.74) is 0. The molecule has 0 aromatic carbocycles. The number of hydrogen-bond acceptors (Lipinski definition) is 3. The van der Waals surface area contributed by atoms with Crippen LogP contribution in [0.1, 0.15) is 26.7 Å². The number of aliphatic hydroxyl groups excluding tert-OH is 1. The highest BCUT2D eigenvalue weighted by Gasteiger charge is 2.54. The third-order valence-corrected chi connectivity index (χ3v) is 2.72. The van der Waals surface area contributed by atoms with E-state index in [1.54, 1.807) is 0 Å². The normalized spacial score (nSPS) is 31.5. The van der Waals surface area contributed by atoms with Crippen LogP contribution in [0.5, 0.6) is 0 Å². The SMILES string of the molecule is CCCC1C(CO)C1C(=O)OCC. The van der Waals surface area contributed by atoms with Gasteiger partial charge in [-0.3, -0.25) is 4.79 Å². The Morgan fingerprint density at radius 1 is 1.38 bits per heavy atom. The molecule has 0 spiro atoms. The van der Waals surface area contributed by atoms with Crippen LogP contribution in [0.3, 0.4) is 0 Å². The molecule has 0 saturated heterocycles. The standard InChI is InChI=1S/C10H18O3/c1-3-5-7-8(6-11)9(7)10(12)13-4-2/h7-9,11H,3-6H2,1-2H3. The van der Waals surface area contributed by atoms with Gasteiger partial charge in [0, 0.05) is 6.61 Å². The zero-order chi connectivity index (χ0) is 9.84. The molecule has 0 heterocycles. The van der Waals surface area contributed by atoms with Gasteiger partial charge in [0.05, 0.1) is 12.5 Å². The van der Waals surface area contributed by atoms with E-state index < -0.39 is 0 Å². The number of aliphatic hydroxyl groups is 1. The maximum absolute atomic E-state index is 11.3. The van der Waals surface area contributed by atoms with E-state index in [1.165, 1.54) is 0 Å². The summed E-state index contributed by atoms with van der Waals surface area (Å²) >= 11 is 0. The van der Waals surface area contributed by atoms with Crippen molar-refractivity contribution >= 4 is 5.97 Å². The van der Waals surface area contributed by atoms with Crippen molar-refractivity contribution in [3.8, 4) is 0 Å². The Balaban J connectivity index is 2.38. The van der Waals surface area contributed by atoms with E-state index in [0.717, 1.165) is 12.8 Å². The lowest BCUT2D eigenvalue weighted by atomic mass is 10.2. The lowest BCUT2D eigenvalue weighted by Gasteiger charge is -1.99. The number of carbonyl (C=O) groups excluding carboxylic acids is 1. The molecule has 0 aromatic heterocycles. The van der Waals surface area contributed by atoms with Crippen LogP contribution in [0.15, 0.2) is 0 Å². The molecule has 3 atom stereocenters. The molecule has 76 valence electrons. The van der Waals surface area contributed by atoms with Gasteiger partial charge in [-0.2, -0.15) is 0 Å². The van der Waals surface area contributed by atoms with Crippen LogP contribution in [0, 0.1) is 17.8 Å². The predicted molar refractivity (Wildman–Crippen MR) is 49.1 cm³/mol. The summed E-state index contributed by atoms with van der Waals surface area (Å²) in [5, 5.41) is 8.98. The lowest BCUT2D eigenvalue weighted by molar-refractivity contribution is -0.145. The molecule has 0 radical (unpaired) electrons. The van der Waals surface area contributed by atoms with E-state index in [9.17, 15) is 4.79 Å². The summed E-state index contributed by atoms with van der Waals surface area (Å²) in [5.74, 6) is 0.387. The van der Waals surface area contributed by atoms with Gasteiger partial charge in [0.1, 0.15) is 0 Å². The predicted octanol–water partition coefficient (Wildman–Crippen LogP) is 1.20. The first-order valence-electron chi connectivity index (χ1n) is 5.03. The van der Waals surface area contributed by atoms with Crippen LogP contribution in [0.4, 0.5) is 0 Å². The van der Waals surface area contributed by atoms with Crippen molar-refractivity contribution < 1.29 is 14.6 Å². The molecule has 0 aliphatic heterocycles. The number of carbonyl (C=O) groups is 1. The average molecular weight is 186 g/mol. The first-order chi connectivity index (χ1) is 6.26. The van der Waals surface area contributed by atoms with Gasteiger partial charge < -0.3 is 9.84 Å². The van der Waals surface area contributed by atoms with Crippen LogP contribution in [0.25, 0.3) is 0 Å². The van der Waals surface area contributed by atoms with E-state index >= 15 is 0 Å². The van der Waals surface area contributed by atoms with Gasteiger partial charge in [0.15, 0.2) is 0 Å². The van der Waals surface area contributed by atoms with Crippen molar-refractivity contribution in [1.29, 1.82) is 0 Å². The Labute approximate surface area is 79.1 Å². The molecular weight excluding hydrogens is 168 g/mol. The lowest BCUT2D eigenvalue weighted by Crippen LogP contribution is -2.09. The van der Waals surface area contributed by atoms with Crippen molar-refractivity contribution in [2.45, 2.75) is 26.7 Å². The van der Waals surface area contributed by atoms with E-state index in [1.807, 2.05) is 6.92 Å². The molecule has 1 saturated carbocycles. The van der Waals surface area contributed by atoms with Gasteiger partial charge in [-0.05, 0) is 25.2 Å². The van der Waals surface area contributed by atoms with Gasteiger partial charge in [-0.25, -0.2) is 0 Å². The molecule has 1 fully saturated rings. The van der Waals surface area contributed by atoms with Gasteiger partial charge >= 0.3 is 5.97 Å². The molecular formula is C10H18O3. The zero-order valence-electron chi connectivity index (χ0n) is 8.32. The highest BCUT2D eigenvalue weighted by atomic mass is 16.5. The molecule has 0 bridgehead atoms. The molecule has 0 amide bonds. The van der Waals surface area contributed by atoms with E-state index in [-0.39, 0.29) is 24.4 Å². The fraction of sp³-hybridized carbons (Fsp3) is 0.900. The fourth-order valence-electron chi connectivity index (χ4n) is 2.01. The van der Waals surface area contributed by atoms with Crippen molar-refractivity contribution in [2.75, 3.05) is 13.2 Å². The maximum Gasteiger partial charge on any atom is 0.309 e. The smallest absolute Gasteiger partial charge is 0.309 e. The van der Waals surface area contributed by atoms with Crippen molar-refractivity contribution in [3.63, 3.8) is 0 Å². The number of hydrogen-bond donors (Lipinski definition) is 1. The summed E-state index contributed by atoms with van der Waals surface area (Å²) in [7, 11) is 0. The van der Waals surface area contributed by atoms with E-state index in [2.05, 4.69) is 6.92 Å². The van der Waals surface area contributed by atoms with E-state index in [4.69, 9.17) is 9.84 Å². The minimum atomic E-state index is -0.125. The number of ether oxygens (including phenoxy) is 1. The van der Waals surface area contributed by atoms with E-state index in [0.29, 0.717) is 12.5 Å². The zero-order valence-corrected chi connectivity index (χ0v) is 8.32. The van der Waals surface area contributed by atoms with Crippen LogP contribution >= 0.6 is 0 Å². The topological polar surface area (TPSA) is 46.5 Å². The molecule has 1 aliphatic rings. The summed E-state index contributed by atoms with van der Waals surface area (Å²) in [6.45, 7) is 4.46. The first-order valence-corrected chi connectivity index (χ1v) is 5.03. The van der Waals surface area contributed by atoms with Crippen LogP contribution in [-0.4, -0.2) is 24.3 Å². The number of rotatable bonds is 5. The molecule has 1 aliphatic carbocycles. The molecule has 13 heavy (non-hydrogen) atoms. The summed E-state index contributed by atoms with van der Waals surface area (Å²) < 4.78 is 4.92. The van der Waals surface area contributed by atoms with Crippen molar-refractivity contribution in [3.05, 3.63) is 0 Å². The van der Waals surface area contributed by atoms with Crippen LogP contribution in [-0.2, 0) is 9.53 Å². The highest BCUT2D eigenvalue weighted by molar-refractivity contribution is 5.76. The Morgan fingerprint density at radius 3 is 2.54 bits per heavy atom. The minimum absolute atomic E-state index is 0.0232. The van der Waals surface area contributed by atoms with Gasteiger partial charge in [-0.1, -0.05) is 13.3 Å². The van der Waals surface area contributed by atoms with Crippen molar-refractivity contribution in [2.24, 2.45) is 17.8 Å². The van der Waals surface area contributed by atoms with Crippen LogP contribution < -0.4 is 0 Å². The second-order valence-electron chi connectivity index (χ2n) is 3.58. The molecule has 1 N–H and O–H groups in total. The Bertz CT molecular complexity index is 179. The van der Waals surface area contributed by atoms with Crippen LogP contribution in [0.2, 0.25) is 0 Å². The molecule has 1 rings (SSSR count). The summed E-state index contributed by atoms with van der Waals surface area (Å²) in [6.07, 6.45) is 2.09. The monoisotopic (exact) mass is 186 g/mol. The quantitative estimate of drug-likeness (QED) is 0.656. The minimum Gasteiger partial charge on any atom is -0.466 e. The molecule has 3 unspecified atom stereocenters. The average Bonchev–Trinajstić information content (AvgIpc) is 2.79. The molecule has 0 aromatic rings. The fourth-order valence-corrected chi connectivity index (χ4v) is 2.01. The third kappa shape index (κ3) is 2.21. The van der Waals surface area contributed by atoms with Gasteiger partial charge in [0.2, 0.25) is 0 Å². The highest BCUT2D eigenvalue weighted by Crippen LogP contribution is 2.49. The number of esters is 1. The largest absolute Gasteiger partial charge is 0.466 e. The van der Waals surface area contributed by atoms with Gasteiger partial charge in [-0.15, -0.1) is 0 Å². The van der Waals surface area contributed by atoms with Crippen molar-refractivity contribution in [1.82, 2.24) is 0 Å². The first kappa shape index (κ1) is 10.5. The third-order valence-electron chi connectivity index (χ3n) is 2.72. The second-order valence-corrected chi connectivity index (χ2v) is 3.58. The Morgan fingerprint density at radius 2 is 2.08 bits per heavy atom. The summed E-state index contributed by atoms with van der Waals surface area (Å²) in [4.78, 5) is 11.3. The van der Waals surface area contributed by atoms with Gasteiger partial charge in [0.25, 0.3) is 0 Å². The summed E-state index contributed by atoms with van der Waals surface area (Å²) in [6, 6.07) is 0. The molecule has 3 nitrogen and oxygen atoms in total. The second kappa shape index (κ2) is 4.61. The molecule has 3 heteroatoms. The Kier molecular flexibility index (Phi) is 3.72. The maximum atomic E-state index is 11.3. The Hall–Kier alpha value is -0.570.